The van der Waals surface area contributed by atoms with Crippen molar-refractivity contribution in [2.45, 2.75) is 42.9 Å². The van der Waals surface area contributed by atoms with Crippen molar-refractivity contribution in [2.75, 3.05) is 5.75 Å². The number of nitrogens with one attached hydrogen (secondary N) is 1. The fourth-order valence-electron chi connectivity index (χ4n) is 2.24. The van der Waals surface area contributed by atoms with Crippen molar-refractivity contribution in [1.29, 1.82) is 0 Å². The van der Waals surface area contributed by atoms with Crippen LogP contribution in [0, 0.1) is 0 Å². The summed E-state index contributed by atoms with van der Waals surface area (Å²) < 4.78 is 49.6. The number of hydrogen-bond donors (Lipinski definition) is 1. The molecule has 1 saturated heterocycles. The average molecular weight is 317 g/mol. The predicted octanol–water partition coefficient (Wildman–Crippen LogP) is 1.10. The van der Waals surface area contributed by atoms with Crippen LogP contribution in [0.15, 0.2) is 29.2 Å². The maximum Gasteiger partial charge on any atom is 0.241 e. The lowest BCUT2D eigenvalue weighted by Crippen LogP contribution is -2.66. The highest BCUT2D eigenvalue weighted by Gasteiger charge is 2.54. The zero-order valence-corrected chi connectivity index (χ0v) is 13.4. The number of sulfone groups is 1. The lowest BCUT2D eigenvalue weighted by molar-refractivity contribution is 0.423. The molecular formula is C13H19NO4S2. The van der Waals surface area contributed by atoms with Crippen molar-refractivity contribution in [1.82, 2.24) is 4.72 Å². The molecule has 0 radical (unpaired) electrons. The van der Waals surface area contributed by atoms with Gasteiger partial charge in [0.1, 0.15) is 0 Å². The van der Waals surface area contributed by atoms with E-state index >= 15 is 0 Å². The predicted molar refractivity (Wildman–Crippen MR) is 77.8 cm³/mol. The summed E-state index contributed by atoms with van der Waals surface area (Å²) in [5.41, 5.74) is 0.722. The Bertz CT molecular complexity index is 720. The van der Waals surface area contributed by atoms with E-state index in [1.165, 1.54) is 0 Å². The third-order valence-electron chi connectivity index (χ3n) is 3.97. The van der Waals surface area contributed by atoms with E-state index in [9.17, 15) is 16.8 Å². The Morgan fingerprint density at radius 2 is 1.90 bits per heavy atom. The number of aryl methyl sites for hydroxylation is 1. The van der Waals surface area contributed by atoms with Gasteiger partial charge in [-0.3, -0.25) is 0 Å². The molecule has 20 heavy (non-hydrogen) atoms. The minimum atomic E-state index is -3.70. The summed E-state index contributed by atoms with van der Waals surface area (Å²) in [5.74, 6) is -0.145. The Morgan fingerprint density at radius 3 is 2.40 bits per heavy atom. The third-order valence-corrected chi connectivity index (χ3v) is 8.20. The highest BCUT2D eigenvalue weighted by atomic mass is 32.2. The van der Waals surface area contributed by atoms with E-state index in [0.29, 0.717) is 6.42 Å². The SMILES string of the molecule is CCc1ccccc1S(=O)(=O)N[C@H]1CS(=O)(=O)C1(C)C. The lowest BCUT2D eigenvalue weighted by atomic mass is 10.1. The van der Waals surface area contributed by atoms with Gasteiger partial charge in [-0.25, -0.2) is 21.6 Å². The van der Waals surface area contributed by atoms with Gasteiger partial charge in [0.15, 0.2) is 9.84 Å². The maximum atomic E-state index is 12.4. The average Bonchev–Trinajstić information content (AvgIpc) is 2.37. The Kier molecular flexibility index (Phi) is 3.73. The van der Waals surface area contributed by atoms with Crippen molar-refractivity contribution in [2.24, 2.45) is 0 Å². The van der Waals surface area contributed by atoms with Gasteiger partial charge in [0.05, 0.1) is 21.4 Å². The first kappa shape index (κ1) is 15.5. The number of sulfonamides is 1. The van der Waals surface area contributed by atoms with Crippen LogP contribution in [0.1, 0.15) is 26.3 Å². The Balaban J connectivity index is 2.30. The van der Waals surface area contributed by atoms with Crippen LogP contribution in [0.25, 0.3) is 0 Å². The van der Waals surface area contributed by atoms with Gasteiger partial charge >= 0.3 is 0 Å². The first-order valence-electron chi connectivity index (χ1n) is 6.44. The second kappa shape index (κ2) is 4.82. The molecule has 112 valence electrons. The summed E-state index contributed by atoms with van der Waals surface area (Å²) in [6.45, 7) is 4.97. The van der Waals surface area contributed by atoms with E-state index in [1.807, 2.05) is 6.92 Å². The first-order chi connectivity index (χ1) is 9.12. The van der Waals surface area contributed by atoms with Crippen LogP contribution in [0.3, 0.4) is 0 Å². The standard InChI is InChI=1S/C13H19NO4S2/c1-4-10-7-5-6-8-11(10)20(17,18)14-12-9-19(15,16)13(12,2)3/h5-8,12,14H,4,9H2,1-3H3/t12-/m0/s1. The molecule has 0 spiro atoms. The quantitative estimate of drug-likeness (QED) is 0.902. The number of benzene rings is 1. The lowest BCUT2D eigenvalue weighted by Gasteiger charge is -2.43. The van der Waals surface area contributed by atoms with Gasteiger partial charge in [0, 0.05) is 0 Å². The molecular weight excluding hydrogens is 298 g/mol. The van der Waals surface area contributed by atoms with Gasteiger partial charge in [-0.2, -0.15) is 0 Å². The fourth-order valence-corrected chi connectivity index (χ4v) is 5.76. The smallest absolute Gasteiger partial charge is 0.228 e. The van der Waals surface area contributed by atoms with E-state index in [0.717, 1.165) is 5.56 Å². The minimum absolute atomic E-state index is 0.145. The maximum absolute atomic E-state index is 12.4. The van der Waals surface area contributed by atoms with Gasteiger partial charge in [-0.1, -0.05) is 25.1 Å². The third kappa shape index (κ3) is 2.38. The molecule has 0 bridgehead atoms. The molecule has 1 heterocycles. The molecule has 2 rings (SSSR count). The zero-order valence-electron chi connectivity index (χ0n) is 11.8. The van der Waals surface area contributed by atoms with E-state index < -0.39 is 30.6 Å². The summed E-state index contributed by atoms with van der Waals surface area (Å²) in [5, 5.41) is 0. The number of hydrogen-bond acceptors (Lipinski definition) is 4. The highest BCUT2D eigenvalue weighted by Crippen LogP contribution is 2.34. The first-order valence-corrected chi connectivity index (χ1v) is 9.58. The fraction of sp³-hybridized carbons (Fsp3) is 0.538. The normalized spacial score (nSPS) is 24.1. The zero-order chi connectivity index (χ0) is 15.2. The summed E-state index contributed by atoms with van der Waals surface area (Å²) in [6.07, 6.45) is 0.601. The summed E-state index contributed by atoms with van der Waals surface area (Å²) in [7, 11) is -6.90. The van der Waals surface area contributed by atoms with Crippen molar-refractivity contribution in [3.63, 3.8) is 0 Å². The van der Waals surface area contributed by atoms with E-state index in [-0.39, 0.29) is 10.6 Å². The van der Waals surface area contributed by atoms with Crippen molar-refractivity contribution >= 4 is 19.9 Å². The van der Waals surface area contributed by atoms with E-state index in [2.05, 4.69) is 4.72 Å². The molecule has 1 N–H and O–H groups in total. The van der Waals surface area contributed by atoms with E-state index in [4.69, 9.17) is 0 Å². The molecule has 0 amide bonds. The Hall–Kier alpha value is -0.920. The molecule has 1 aliphatic rings. The molecule has 1 aromatic rings. The van der Waals surface area contributed by atoms with Crippen LogP contribution in [0.2, 0.25) is 0 Å². The minimum Gasteiger partial charge on any atom is -0.228 e. The number of rotatable bonds is 4. The molecule has 1 fully saturated rings. The van der Waals surface area contributed by atoms with E-state index in [1.54, 1.807) is 38.1 Å². The van der Waals surface area contributed by atoms with Crippen molar-refractivity contribution in [3.05, 3.63) is 29.8 Å². The molecule has 1 atom stereocenters. The Morgan fingerprint density at radius 1 is 1.30 bits per heavy atom. The van der Waals surface area contributed by atoms with Gasteiger partial charge in [0.25, 0.3) is 0 Å². The monoisotopic (exact) mass is 317 g/mol. The second-order valence-electron chi connectivity index (χ2n) is 5.52. The molecule has 1 aromatic carbocycles. The van der Waals surface area contributed by atoms with Crippen LogP contribution in [-0.2, 0) is 26.3 Å². The van der Waals surface area contributed by atoms with Gasteiger partial charge in [-0.15, -0.1) is 0 Å². The second-order valence-corrected chi connectivity index (χ2v) is 9.82. The van der Waals surface area contributed by atoms with Crippen LogP contribution in [0.5, 0.6) is 0 Å². The van der Waals surface area contributed by atoms with Crippen LogP contribution in [0.4, 0.5) is 0 Å². The molecule has 7 heteroatoms. The van der Waals surface area contributed by atoms with Crippen molar-refractivity contribution < 1.29 is 16.8 Å². The topological polar surface area (TPSA) is 80.3 Å². The van der Waals surface area contributed by atoms with Gasteiger partial charge in [0.2, 0.25) is 10.0 Å². The van der Waals surface area contributed by atoms with Crippen LogP contribution >= 0.6 is 0 Å². The molecule has 0 aliphatic carbocycles. The Labute approximate surface area is 120 Å². The summed E-state index contributed by atoms with van der Waals surface area (Å²) in [4.78, 5) is 0.225. The molecule has 1 aliphatic heterocycles. The molecule has 5 nitrogen and oxygen atoms in total. The van der Waals surface area contributed by atoms with Crippen molar-refractivity contribution in [3.8, 4) is 0 Å². The van der Waals surface area contributed by atoms with Crippen LogP contribution in [-0.4, -0.2) is 33.4 Å². The molecule has 0 saturated carbocycles. The summed E-state index contributed by atoms with van der Waals surface area (Å²) in [6, 6.07) is 6.17. The van der Waals surface area contributed by atoms with Gasteiger partial charge < -0.3 is 0 Å². The van der Waals surface area contributed by atoms with Crippen LogP contribution < -0.4 is 4.72 Å². The highest BCUT2D eigenvalue weighted by molar-refractivity contribution is 7.94. The molecule has 0 unspecified atom stereocenters. The largest absolute Gasteiger partial charge is 0.241 e. The van der Waals surface area contributed by atoms with Gasteiger partial charge in [-0.05, 0) is 31.9 Å². The molecule has 0 aromatic heterocycles. The summed E-state index contributed by atoms with van der Waals surface area (Å²) >= 11 is 0.